The molecule has 0 aliphatic heterocycles. The normalized spacial score (nSPS) is 13.2. The van der Waals surface area contributed by atoms with Crippen molar-refractivity contribution in [2.24, 2.45) is 0 Å². The van der Waals surface area contributed by atoms with Crippen molar-refractivity contribution in [1.29, 1.82) is 0 Å². The van der Waals surface area contributed by atoms with Crippen molar-refractivity contribution in [3.63, 3.8) is 0 Å². The second-order valence-corrected chi connectivity index (χ2v) is 5.35. The Bertz CT molecular complexity index is 641. The van der Waals surface area contributed by atoms with E-state index >= 15 is 0 Å². The Morgan fingerprint density at radius 3 is 2.38 bits per heavy atom. The maximum Gasteiger partial charge on any atom is 0.416 e. The number of halogens is 5. The number of rotatable bonds is 3. The predicted octanol–water partition coefficient (Wildman–Crippen LogP) is 5.32. The lowest BCUT2D eigenvalue weighted by Gasteiger charge is -2.20. The zero-order valence-corrected chi connectivity index (χ0v) is 12.5. The lowest BCUT2D eigenvalue weighted by Crippen LogP contribution is -2.19. The molecule has 0 amide bonds. The first-order valence-corrected chi connectivity index (χ1v) is 6.88. The lowest BCUT2D eigenvalue weighted by atomic mass is 9.97. The molecule has 2 aromatic carbocycles. The first-order chi connectivity index (χ1) is 9.82. The lowest BCUT2D eigenvalue weighted by molar-refractivity contribution is -0.137. The highest BCUT2D eigenvalue weighted by Crippen LogP contribution is 2.34. The van der Waals surface area contributed by atoms with E-state index in [-0.39, 0.29) is 0 Å². The van der Waals surface area contributed by atoms with Crippen molar-refractivity contribution in [2.75, 3.05) is 7.05 Å². The van der Waals surface area contributed by atoms with Gasteiger partial charge in [0.25, 0.3) is 0 Å². The highest BCUT2D eigenvalue weighted by Gasteiger charge is 2.31. The number of hydrogen-bond donors (Lipinski definition) is 1. The molecule has 0 aliphatic rings. The molecule has 0 aliphatic carbocycles. The summed E-state index contributed by atoms with van der Waals surface area (Å²) >= 11 is 12.1. The summed E-state index contributed by atoms with van der Waals surface area (Å²) in [4.78, 5) is 0. The van der Waals surface area contributed by atoms with Gasteiger partial charge < -0.3 is 5.32 Å². The number of hydrogen-bond acceptors (Lipinski definition) is 1. The third kappa shape index (κ3) is 3.70. The van der Waals surface area contributed by atoms with Crippen LogP contribution in [0, 0.1) is 0 Å². The topological polar surface area (TPSA) is 12.0 Å². The molecule has 2 rings (SSSR count). The number of benzene rings is 2. The average Bonchev–Trinajstić information content (AvgIpc) is 2.43. The van der Waals surface area contributed by atoms with Crippen molar-refractivity contribution in [3.8, 4) is 0 Å². The monoisotopic (exact) mass is 333 g/mol. The van der Waals surface area contributed by atoms with Crippen molar-refractivity contribution < 1.29 is 13.2 Å². The minimum Gasteiger partial charge on any atom is -0.309 e. The summed E-state index contributed by atoms with van der Waals surface area (Å²) in [6.45, 7) is 0. The number of alkyl halides is 3. The van der Waals surface area contributed by atoms with Gasteiger partial charge in [0.2, 0.25) is 0 Å². The first-order valence-electron chi connectivity index (χ1n) is 6.12. The van der Waals surface area contributed by atoms with Gasteiger partial charge in [0.1, 0.15) is 0 Å². The Balaban J connectivity index is 2.49. The molecule has 112 valence electrons. The second-order valence-electron chi connectivity index (χ2n) is 4.51. The van der Waals surface area contributed by atoms with Gasteiger partial charge in [0.15, 0.2) is 0 Å². The molecule has 6 heteroatoms. The van der Waals surface area contributed by atoms with Gasteiger partial charge in [-0.15, -0.1) is 0 Å². The maximum atomic E-state index is 12.8. The summed E-state index contributed by atoms with van der Waals surface area (Å²) in [6.07, 6.45) is -4.38. The molecule has 1 N–H and O–H groups in total. The Kier molecular flexibility index (Phi) is 4.81. The molecule has 0 spiro atoms. The average molecular weight is 334 g/mol. The molecule has 0 bridgehead atoms. The van der Waals surface area contributed by atoms with Crippen LogP contribution in [0.1, 0.15) is 22.7 Å². The molecule has 0 heterocycles. The van der Waals surface area contributed by atoms with Crippen molar-refractivity contribution >= 4 is 23.2 Å². The van der Waals surface area contributed by atoms with E-state index in [1.54, 1.807) is 31.3 Å². The maximum absolute atomic E-state index is 12.8. The molecule has 0 fully saturated rings. The minimum atomic E-state index is -4.38. The van der Waals surface area contributed by atoms with E-state index in [2.05, 4.69) is 5.32 Å². The Hall–Kier alpha value is -1.23. The van der Waals surface area contributed by atoms with Gasteiger partial charge >= 0.3 is 6.18 Å². The van der Waals surface area contributed by atoms with Crippen molar-refractivity contribution in [2.45, 2.75) is 12.2 Å². The van der Waals surface area contributed by atoms with E-state index in [1.807, 2.05) is 0 Å². The highest BCUT2D eigenvalue weighted by molar-refractivity contribution is 6.33. The van der Waals surface area contributed by atoms with Crippen LogP contribution in [-0.2, 0) is 6.18 Å². The quantitative estimate of drug-likeness (QED) is 0.801. The van der Waals surface area contributed by atoms with Gasteiger partial charge in [-0.1, -0.05) is 35.3 Å². The van der Waals surface area contributed by atoms with Crippen LogP contribution in [0.2, 0.25) is 10.0 Å². The molecule has 0 radical (unpaired) electrons. The third-order valence-corrected chi connectivity index (χ3v) is 3.68. The Labute approximate surface area is 130 Å². The summed E-state index contributed by atoms with van der Waals surface area (Å²) in [5.41, 5.74) is 0.404. The Morgan fingerprint density at radius 2 is 1.76 bits per heavy atom. The van der Waals surface area contributed by atoms with Crippen LogP contribution in [0.3, 0.4) is 0 Å². The molecule has 0 aromatic heterocycles. The molecule has 21 heavy (non-hydrogen) atoms. The molecular formula is C15H12Cl2F3N. The van der Waals surface area contributed by atoms with Gasteiger partial charge in [0.05, 0.1) is 11.6 Å². The van der Waals surface area contributed by atoms with Crippen LogP contribution < -0.4 is 5.32 Å². The van der Waals surface area contributed by atoms with Crippen LogP contribution in [0.4, 0.5) is 13.2 Å². The summed E-state index contributed by atoms with van der Waals surface area (Å²) < 4.78 is 38.4. The molecule has 1 unspecified atom stereocenters. The van der Waals surface area contributed by atoms with Crippen LogP contribution in [0.15, 0.2) is 42.5 Å². The van der Waals surface area contributed by atoms with E-state index in [4.69, 9.17) is 23.2 Å². The van der Waals surface area contributed by atoms with Crippen LogP contribution in [0.5, 0.6) is 0 Å². The fourth-order valence-corrected chi connectivity index (χ4v) is 2.54. The summed E-state index contributed by atoms with van der Waals surface area (Å²) in [5, 5.41) is 3.89. The largest absolute Gasteiger partial charge is 0.416 e. The highest BCUT2D eigenvalue weighted by atomic mass is 35.5. The van der Waals surface area contributed by atoms with E-state index in [1.165, 1.54) is 6.07 Å². The van der Waals surface area contributed by atoms with E-state index in [0.29, 0.717) is 21.2 Å². The molecule has 0 saturated heterocycles. The summed E-state index contributed by atoms with van der Waals surface area (Å²) in [7, 11) is 1.65. The fraction of sp³-hybridized carbons (Fsp3) is 0.200. The van der Waals surface area contributed by atoms with Gasteiger partial charge in [0, 0.05) is 10.0 Å². The Morgan fingerprint density at radius 1 is 1.05 bits per heavy atom. The molecule has 2 aromatic rings. The van der Waals surface area contributed by atoms with Gasteiger partial charge in [-0.25, -0.2) is 0 Å². The molecule has 0 saturated carbocycles. The molecular weight excluding hydrogens is 322 g/mol. The smallest absolute Gasteiger partial charge is 0.309 e. The first kappa shape index (κ1) is 16.1. The van der Waals surface area contributed by atoms with Crippen molar-refractivity contribution in [3.05, 3.63) is 69.2 Å². The van der Waals surface area contributed by atoms with E-state index < -0.39 is 17.8 Å². The van der Waals surface area contributed by atoms with Crippen LogP contribution in [-0.4, -0.2) is 7.05 Å². The molecule has 1 atom stereocenters. The van der Waals surface area contributed by atoms with Crippen LogP contribution in [0.25, 0.3) is 0 Å². The SMILES string of the molecule is CNC(c1cccc(C(F)(F)F)c1)c1cc(Cl)ccc1Cl. The second kappa shape index (κ2) is 6.26. The fourth-order valence-electron chi connectivity index (χ4n) is 2.13. The molecule has 1 nitrogen and oxygen atoms in total. The minimum absolute atomic E-state index is 0.441. The zero-order chi connectivity index (χ0) is 15.6. The van der Waals surface area contributed by atoms with E-state index in [0.717, 1.165) is 12.1 Å². The van der Waals surface area contributed by atoms with Gasteiger partial charge in [-0.3, -0.25) is 0 Å². The van der Waals surface area contributed by atoms with Gasteiger partial charge in [-0.05, 0) is 48.5 Å². The van der Waals surface area contributed by atoms with Crippen molar-refractivity contribution in [1.82, 2.24) is 5.32 Å². The standard InChI is InChI=1S/C15H12Cl2F3N/c1-21-14(12-8-11(16)5-6-13(12)17)9-3-2-4-10(7-9)15(18,19)20/h2-8,14,21H,1H3. The summed E-state index contributed by atoms with van der Waals surface area (Å²) in [5.74, 6) is 0. The van der Waals surface area contributed by atoms with E-state index in [9.17, 15) is 13.2 Å². The predicted molar refractivity (Wildman–Crippen MR) is 78.8 cm³/mol. The summed E-state index contributed by atoms with van der Waals surface area (Å²) in [6, 6.07) is 9.57. The van der Waals surface area contributed by atoms with Gasteiger partial charge in [-0.2, -0.15) is 13.2 Å². The number of nitrogens with one attached hydrogen (secondary N) is 1. The third-order valence-electron chi connectivity index (χ3n) is 3.11. The van der Waals surface area contributed by atoms with Crippen LogP contribution >= 0.6 is 23.2 Å². The zero-order valence-electron chi connectivity index (χ0n) is 11.0.